The van der Waals surface area contributed by atoms with Crippen LogP contribution in [0.25, 0.3) is 0 Å². The maximum Gasteiger partial charge on any atom is 0.231 e. The highest BCUT2D eigenvalue weighted by atomic mass is 16.7. The highest BCUT2D eigenvalue weighted by molar-refractivity contribution is 6.00. The van der Waals surface area contributed by atoms with Crippen LogP contribution in [0, 0.1) is 0 Å². The summed E-state index contributed by atoms with van der Waals surface area (Å²) >= 11 is 0. The maximum absolute atomic E-state index is 12.0. The van der Waals surface area contributed by atoms with Crippen LogP contribution >= 0.6 is 0 Å². The summed E-state index contributed by atoms with van der Waals surface area (Å²) in [5, 5.41) is 0. The number of likely N-dealkylation sites (N-methyl/N-ethyl adjacent to an activating group) is 1. The quantitative estimate of drug-likeness (QED) is 0.759. The molecule has 19 heavy (non-hydrogen) atoms. The Morgan fingerprint density at radius 2 is 2.00 bits per heavy atom. The molecule has 1 aromatic carbocycles. The molecule has 0 amide bonds. The van der Waals surface area contributed by atoms with E-state index in [-0.39, 0.29) is 12.6 Å². The van der Waals surface area contributed by atoms with Crippen molar-refractivity contribution >= 4 is 5.78 Å². The number of nitrogens with zero attached hydrogens (tertiary/aromatic N) is 1. The SMILES string of the molecule is COc1c2c(c(C(C)=O)c3c1OCO3)CCN(C)C2. The molecule has 0 saturated heterocycles. The number of hydrogen-bond acceptors (Lipinski definition) is 5. The molecule has 0 aliphatic carbocycles. The summed E-state index contributed by atoms with van der Waals surface area (Å²) in [5.74, 6) is 1.85. The van der Waals surface area contributed by atoms with Crippen LogP contribution in [-0.2, 0) is 13.0 Å². The first-order valence-electron chi connectivity index (χ1n) is 6.34. The van der Waals surface area contributed by atoms with Gasteiger partial charge in [-0.25, -0.2) is 0 Å². The Bertz CT molecular complexity index is 553. The molecule has 0 unspecified atom stereocenters. The molecule has 0 N–H and O–H groups in total. The molecular formula is C14H17NO4. The lowest BCUT2D eigenvalue weighted by Crippen LogP contribution is -2.28. The third kappa shape index (κ3) is 1.76. The van der Waals surface area contributed by atoms with Gasteiger partial charge in [-0.1, -0.05) is 0 Å². The van der Waals surface area contributed by atoms with E-state index in [4.69, 9.17) is 14.2 Å². The fraction of sp³-hybridized carbons (Fsp3) is 0.500. The molecule has 0 bridgehead atoms. The second-order valence-corrected chi connectivity index (χ2v) is 4.97. The van der Waals surface area contributed by atoms with E-state index >= 15 is 0 Å². The van der Waals surface area contributed by atoms with Crippen LogP contribution in [0.2, 0.25) is 0 Å². The third-order valence-corrected chi connectivity index (χ3v) is 3.71. The molecule has 0 aromatic heterocycles. The van der Waals surface area contributed by atoms with Gasteiger partial charge in [0.25, 0.3) is 0 Å². The van der Waals surface area contributed by atoms with E-state index in [1.807, 2.05) is 0 Å². The summed E-state index contributed by atoms with van der Waals surface area (Å²) in [5.41, 5.74) is 2.76. The number of ketones is 1. The molecule has 5 nitrogen and oxygen atoms in total. The molecule has 0 atom stereocenters. The summed E-state index contributed by atoms with van der Waals surface area (Å²) in [7, 11) is 3.68. The maximum atomic E-state index is 12.0. The summed E-state index contributed by atoms with van der Waals surface area (Å²) in [6.45, 7) is 3.40. The fourth-order valence-corrected chi connectivity index (χ4v) is 2.88. The van der Waals surface area contributed by atoms with Gasteiger partial charge in [-0.05, 0) is 26.0 Å². The Labute approximate surface area is 112 Å². The molecule has 2 aliphatic heterocycles. The normalized spacial score (nSPS) is 17.2. The lowest BCUT2D eigenvalue weighted by atomic mass is 9.90. The number of ether oxygens (including phenoxy) is 3. The summed E-state index contributed by atoms with van der Waals surface area (Å²) in [6, 6.07) is 0. The number of Topliss-reactive ketones (excluding diaryl/α,β-unsaturated/α-hetero) is 1. The van der Waals surface area contributed by atoms with Crippen molar-refractivity contribution in [1.29, 1.82) is 0 Å². The van der Waals surface area contributed by atoms with Crippen molar-refractivity contribution in [2.24, 2.45) is 0 Å². The molecule has 2 aliphatic rings. The van der Waals surface area contributed by atoms with Gasteiger partial charge >= 0.3 is 0 Å². The second-order valence-electron chi connectivity index (χ2n) is 4.97. The molecule has 1 aromatic rings. The summed E-state index contributed by atoms with van der Waals surface area (Å²) in [6.07, 6.45) is 0.827. The number of benzene rings is 1. The van der Waals surface area contributed by atoms with Crippen LogP contribution < -0.4 is 14.2 Å². The zero-order valence-corrected chi connectivity index (χ0v) is 11.4. The van der Waals surface area contributed by atoms with Crippen molar-refractivity contribution in [3.8, 4) is 17.2 Å². The molecule has 0 saturated carbocycles. The van der Waals surface area contributed by atoms with Crippen molar-refractivity contribution in [2.45, 2.75) is 19.9 Å². The molecule has 5 heteroatoms. The van der Waals surface area contributed by atoms with E-state index in [9.17, 15) is 4.79 Å². The molecule has 2 heterocycles. The van der Waals surface area contributed by atoms with Gasteiger partial charge in [-0.2, -0.15) is 0 Å². The van der Waals surface area contributed by atoms with Gasteiger partial charge in [0.05, 0.1) is 12.7 Å². The van der Waals surface area contributed by atoms with Crippen molar-refractivity contribution in [1.82, 2.24) is 4.90 Å². The first-order valence-corrected chi connectivity index (χ1v) is 6.34. The van der Waals surface area contributed by atoms with E-state index < -0.39 is 0 Å². The number of carbonyl (C=O) groups is 1. The molecule has 0 spiro atoms. The van der Waals surface area contributed by atoms with Crippen LogP contribution in [0.15, 0.2) is 0 Å². The smallest absolute Gasteiger partial charge is 0.231 e. The van der Waals surface area contributed by atoms with Gasteiger partial charge in [0.1, 0.15) is 0 Å². The first kappa shape index (κ1) is 12.3. The minimum absolute atomic E-state index is 0.0187. The zero-order chi connectivity index (χ0) is 13.6. The monoisotopic (exact) mass is 263 g/mol. The molecule has 3 rings (SSSR count). The predicted molar refractivity (Wildman–Crippen MR) is 69.2 cm³/mol. The van der Waals surface area contributed by atoms with Crippen molar-refractivity contribution in [3.63, 3.8) is 0 Å². The Morgan fingerprint density at radius 3 is 2.68 bits per heavy atom. The molecule has 102 valence electrons. The standard InChI is InChI=1S/C14H17NO4/c1-8(16)11-9-4-5-15(2)6-10(9)12(17-3)14-13(11)18-7-19-14/h4-7H2,1-3H3. The van der Waals surface area contributed by atoms with E-state index in [1.165, 1.54) is 0 Å². The fourth-order valence-electron chi connectivity index (χ4n) is 2.88. The minimum atomic E-state index is 0.0187. The average molecular weight is 263 g/mol. The van der Waals surface area contributed by atoms with E-state index in [0.29, 0.717) is 22.8 Å². The van der Waals surface area contributed by atoms with E-state index in [1.54, 1.807) is 14.0 Å². The topological polar surface area (TPSA) is 48.0 Å². The van der Waals surface area contributed by atoms with Crippen molar-refractivity contribution in [2.75, 3.05) is 27.5 Å². The average Bonchev–Trinajstić information content (AvgIpc) is 2.83. The molecule has 0 radical (unpaired) electrons. The second kappa shape index (κ2) is 4.42. The van der Waals surface area contributed by atoms with Crippen LogP contribution in [0.1, 0.15) is 28.4 Å². The van der Waals surface area contributed by atoms with E-state index in [2.05, 4.69) is 11.9 Å². The largest absolute Gasteiger partial charge is 0.492 e. The van der Waals surface area contributed by atoms with Gasteiger partial charge in [-0.3, -0.25) is 4.79 Å². The van der Waals surface area contributed by atoms with E-state index in [0.717, 1.165) is 30.6 Å². The van der Waals surface area contributed by atoms with Gasteiger partial charge in [0.2, 0.25) is 12.5 Å². The van der Waals surface area contributed by atoms with Crippen LogP contribution in [0.4, 0.5) is 0 Å². The van der Waals surface area contributed by atoms with Crippen molar-refractivity contribution < 1.29 is 19.0 Å². The summed E-state index contributed by atoms with van der Waals surface area (Å²) < 4.78 is 16.5. The number of fused-ring (bicyclic) bond motifs is 2. The number of carbonyl (C=O) groups excluding carboxylic acids is 1. The Hall–Kier alpha value is -1.75. The minimum Gasteiger partial charge on any atom is -0.492 e. The predicted octanol–water partition coefficient (Wildman–Crippen LogP) is 1.61. The highest BCUT2D eigenvalue weighted by Gasteiger charge is 2.33. The van der Waals surface area contributed by atoms with Crippen LogP contribution in [0.5, 0.6) is 17.2 Å². The Balaban J connectivity index is 2.30. The molecule has 0 fully saturated rings. The zero-order valence-electron chi connectivity index (χ0n) is 11.4. The lowest BCUT2D eigenvalue weighted by molar-refractivity contribution is 0.101. The Kier molecular flexibility index (Phi) is 2.86. The third-order valence-electron chi connectivity index (χ3n) is 3.71. The highest BCUT2D eigenvalue weighted by Crippen LogP contribution is 2.49. The molecular weight excluding hydrogens is 246 g/mol. The van der Waals surface area contributed by atoms with Gasteiger partial charge in [0, 0.05) is 18.7 Å². The van der Waals surface area contributed by atoms with Gasteiger partial charge in [0.15, 0.2) is 17.3 Å². The van der Waals surface area contributed by atoms with Gasteiger partial charge in [-0.15, -0.1) is 0 Å². The number of hydrogen-bond donors (Lipinski definition) is 0. The lowest BCUT2D eigenvalue weighted by Gasteiger charge is -2.28. The summed E-state index contributed by atoms with van der Waals surface area (Å²) in [4.78, 5) is 14.2. The van der Waals surface area contributed by atoms with Crippen molar-refractivity contribution in [3.05, 3.63) is 16.7 Å². The first-order chi connectivity index (χ1) is 9.13. The van der Waals surface area contributed by atoms with Crippen LogP contribution in [-0.4, -0.2) is 38.2 Å². The number of methoxy groups -OCH3 is 1. The van der Waals surface area contributed by atoms with Crippen LogP contribution in [0.3, 0.4) is 0 Å². The van der Waals surface area contributed by atoms with Gasteiger partial charge < -0.3 is 19.1 Å². The Morgan fingerprint density at radius 1 is 1.26 bits per heavy atom. The number of rotatable bonds is 2.